The second kappa shape index (κ2) is 8.94. The molecule has 1 amide bonds. The van der Waals surface area contributed by atoms with Crippen molar-refractivity contribution in [2.45, 2.75) is 33.2 Å². The van der Waals surface area contributed by atoms with Gasteiger partial charge in [0.1, 0.15) is 5.69 Å². The highest BCUT2D eigenvalue weighted by Crippen LogP contribution is 2.19. The van der Waals surface area contributed by atoms with E-state index in [4.69, 9.17) is 0 Å². The van der Waals surface area contributed by atoms with Gasteiger partial charge in [-0.1, -0.05) is 37.3 Å². The monoisotopic (exact) mass is 418 g/mol. The Bertz CT molecular complexity index is 1110. The summed E-state index contributed by atoms with van der Waals surface area (Å²) in [5, 5.41) is 2.83. The molecule has 1 saturated heterocycles. The molecule has 0 unspecified atom stereocenters. The minimum absolute atomic E-state index is 0.240. The lowest BCUT2D eigenvalue weighted by Gasteiger charge is -2.30. The first-order valence-electron chi connectivity index (χ1n) is 10.9. The van der Waals surface area contributed by atoms with Crippen molar-refractivity contribution in [1.29, 1.82) is 0 Å². The number of para-hydroxylation sites is 1. The number of carbonyl (C=O) groups is 1. The van der Waals surface area contributed by atoms with Gasteiger partial charge in [0.25, 0.3) is 11.5 Å². The lowest BCUT2D eigenvalue weighted by molar-refractivity contribution is 0.102. The van der Waals surface area contributed by atoms with Gasteiger partial charge in [0.05, 0.1) is 11.4 Å². The summed E-state index contributed by atoms with van der Waals surface area (Å²) in [6.45, 7) is 7.30. The molecule has 4 rings (SSSR count). The Labute approximate surface area is 183 Å². The van der Waals surface area contributed by atoms with Crippen molar-refractivity contribution in [2.75, 3.05) is 18.4 Å². The van der Waals surface area contributed by atoms with Crippen LogP contribution in [-0.2, 0) is 13.6 Å². The number of carbonyl (C=O) groups excluding carboxylic acids is 1. The molecule has 0 saturated carbocycles. The van der Waals surface area contributed by atoms with Crippen LogP contribution in [-0.4, -0.2) is 33.3 Å². The number of rotatable bonds is 5. The fourth-order valence-electron chi connectivity index (χ4n) is 4.35. The molecule has 0 spiro atoms. The largest absolute Gasteiger partial charge is 0.316 e. The smallest absolute Gasteiger partial charge is 0.295 e. The maximum atomic E-state index is 13.0. The number of hydrogen-bond donors (Lipinski definition) is 1. The molecule has 1 aliphatic rings. The van der Waals surface area contributed by atoms with E-state index in [0.29, 0.717) is 16.9 Å². The van der Waals surface area contributed by atoms with Crippen LogP contribution in [0.2, 0.25) is 0 Å². The minimum atomic E-state index is -0.274. The van der Waals surface area contributed by atoms with Gasteiger partial charge in [-0.05, 0) is 62.1 Å². The van der Waals surface area contributed by atoms with Crippen molar-refractivity contribution in [2.24, 2.45) is 13.0 Å². The number of likely N-dealkylation sites (tertiary alicyclic amines) is 1. The highest BCUT2D eigenvalue weighted by molar-refractivity contribution is 6.04. The number of benzene rings is 2. The van der Waals surface area contributed by atoms with Crippen LogP contribution in [0.4, 0.5) is 5.69 Å². The van der Waals surface area contributed by atoms with E-state index in [1.165, 1.54) is 18.4 Å². The summed E-state index contributed by atoms with van der Waals surface area (Å²) in [5.74, 6) is 0.469. The van der Waals surface area contributed by atoms with E-state index in [9.17, 15) is 9.59 Å². The normalized spacial score (nSPS) is 16.9. The first kappa shape index (κ1) is 21.1. The zero-order valence-corrected chi connectivity index (χ0v) is 18.5. The summed E-state index contributed by atoms with van der Waals surface area (Å²) in [6, 6.07) is 17.1. The zero-order chi connectivity index (χ0) is 22.0. The summed E-state index contributed by atoms with van der Waals surface area (Å²) in [6.07, 6.45) is 2.55. The van der Waals surface area contributed by atoms with E-state index in [-0.39, 0.29) is 11.5 Å². The van der Waals surface area contributed by atoms with Crippen molar-refractivity contribution in [3.8, 4) is 5.69 Å². The van der Waals surface area contributed by atoms with E-state index in [0.717, 1.165) is 31.2 Å². The number of piperidine rings is 1. The Hall–Kier alpha value is -3.12. The molecule has 0 bridgehead atoms. The van der Waals surface area contributed by atoms with E-state index >= 15 is 0 Å². The molecule has 2 heterocycles. The molecule has 31 heavy (non-hydrogen) atoms. The van der Waals surface area contributed by atoms with Gasteiger partial charge >= 0.3 is 0 Å². The molecule has 1 aromatic heterocycles. The summed E-state index contributed by atoms with van der Waals surface area (Å²) >= 11 is 0. The number of nitrogens with zero attached hydrogens (tertiary/aromatic N) is 3. The van der Waals surface area contributed by atoms with Gasteiger partial charge in [0.2, 0.25) is 0 Å². The van der Waals surface area contributed by atoms with E-state index in [1.54, 1.807) is 9.36 Å². The van der Waals surface area contributed by atoms with Crippen LogP contribution in [0.5, 0.6) is 0 Å². The highest BCUT2D eigenvalue weighted by Gasteiger charge is 2.19. The zero-order valence-electron chi connectivity index (χ0n) is 18.5. The maximum Gasteiger partial charge on any atom is 0.295 e. The van der Waals surface area contributed by atoms with Gasteiger partial charge in [-0.15, -0.1) is 0 Å². The number of hydrogen-bond acceptors (Lipinski definition) is 3. The second-order valence-corrected chi connectivity index (χ2v) is 8.57. The summed E-state index contributed by atoms with van der Waals surface area (Å²) in [7, 11) is 1.82. The number of anilines is 1. The van der Waals surface area contributed by atoms with E-state index < -0.39 is 0 Å². The van der Waals surface area contributed by atoms with E-state index in [2.05, 4.69) is 17.1 Å². The maximum absolute atomic E-state index is 13.0. The topological polar surface area (TPSA) is 59.3 Å². The Morgan fingerprint density at radius 2 is 1.81 bits per heavy atom. The van der Waals surface area contributed by atoms with Crippen LogP contribution in [0.25, 0.3) is 5.69 Å². The van der Waals surface area contributed by atoms with E-state index in [1.807, 2.05) is 68.6 Å². The Morgan fingerprint density at radius 3 is 2.48 bits per heavy atom. The van der Waals surface area contributed by atoms with Crippen LogP contribution in [0.1, 0.15) is 41.4 Å². The molecule has 1 aliphatic heterocycles. The predicted molar refractivity (Wildman–Crippen MR) is 124 cm³/mol. The minimum Gasteiger partial charge on any atom is -0.316 e. The molecule has 0 radical (unpaired) electrons. The molecule has 0 aliphatic carbocycles. The van der Waals surface area contributed by atoms with Gasteiger partial charge in [-0.25, -0.2) is 4.68 Å². The van der Waals surface area contributed by atoms with Crippen molar-refractivity contribution < 1.29 is 4.79 Å². The molecule has 162 valence electrons. The van der Waals surface area contributed by atoms with Crippen LogP contribution < -0.4 is 10.9 Å². The number of aromatic nitrogens is 2. The highest BCUT2D eigenvalue weighted by atomic mass is 16.2. The molecule has 2 aromatic carbocycles. The number of nitrogens with one attached hydrogen (secondary N) is 1. The van der Waals surface area contributed by atoms with Crippen molar-refractivity contribution >= 4 is 11.6 Å². The second-order valence-electron chi connectivity index (χ2n) is 8.57. The van der Waals surface area contributed by atoms with Crippen molar-refractivity contribution in [3.05, 3.63) is 81.8 Å². The Morgan fingerprint density at radius 1 is 1.10 bits per heavy atom. The fourth-order valence-corrected chi connectivity index (χ4v) is 4.35. The van der Waals surface area contributed by atoms with Crippen molar-refractivity contribution in [3.63, 3.8) is 0 Å². The summed E-state index contributed by atoms with van der Waals surface area (Å²) in [5.41, 5.74) is 3.28. The predicted octanol–water partition coefficient (Wildman–Crippen LogP) is 3.97. The van der Waals surface area contributed by atoms with Crippen LogP contribution >= 0.6 is 0 Å². The third kappa shape index (κ3) is 4.49. The summed E-state index contributed by atoms with van der Waals surface area (Å²) < 4.78 is 3.32. The molecule has 6 nitrogen and oxygen atoms in total. The van der Waals surface area contributed by atoms with Gasteiger partial charge in [-0.3, -0.25) is 19.2 Å². The standard InChI is InChI=1S/C25H30N4O2/c1-18-8-7-15-28(16-18)17-20-11-13-21(14-12-20)24(30)26-23-19(2)27(3)29(25(23)31)22-9-5-4-6-10-22/h4-6,9-14,18H,7-8,15-17H2,1-3H3,(H,26,30)/t18-/m1/s1. The molecular formula is C25H30N4O2. The lowest BCUT2D eigenvalue weighted by atomic mass is 9.99. The lowest BCUT2D eigenvalue weighted by Crippen LogP contribution is -2.33. The molecule has 3 aromatic rings. The van der Waals surface area contributed by atoms with Gasteiger partial charge < -0.3 is 5.32 Å². The molecule has 6 heteroatoms. The number of amides is 1. The van der Waals surface area contributed by atoms with Crippen LogP contribution in [0.15, 0.2) is 59.4 Å². The van der Waals surface area contributed by atoms with Gasteiger partial charge in [0, 0.05) is 25.7 Å². The third-order valence-electron chi connectivity index (χ3n) is 6.16. The molecular weight excluding hydrogens is 388 g/mol. The molecule has 1 atom stereocenters. The Kier molecular flexibility index (Phi) is 6.09. The van der Waals surface area contributed by atoms with Gasteiger partial charge in [-0.2, -0.15) is 0 Å². The average Bonchev–Trinajstić information content (AvgIpc) is 2.98. The fraction of sp³-hybridized carbons (Fsp3) is 0.360. The average molecular weight is 419 g/mol. The molecule has 1 N–H and O–H groups in total. The first-order valence-corrected chi connectivity index (χ1v) is 10.9. The van der Waals surface area contributed by atoms with Crippen LogP contribution in [0.3, 0.4) is 0 Å². The molecule has 1 fully saturated rings. The van der Waals surface area contributed by atoms with Crippen LogP contribution in [0, 0.1) is 12.8 Å². The third-order valence-corrected chi connectivity index (χ3v) is 6.16. The Balaban J connectivity index is 1.49. The summed E-state index contributed by atoms with van der Waals surface area (Å²) in [4.78, 5) is 28.3. The van der Waals surface area contributed by atoms with Gasteiger partial charge in [0.15, 0.2) is 0 Å². The first-order chi connectivity index (χ1) is 14.9. The van der Waals surface area contributed by atoms with Crippen molar-refractivity contribution in [1.82, 2.24) is 14.3 Å². The quantitative estimate of drug-likeness (QED) is 0.682. The SMILES string of the molecule is Cc1c(NC(=O)c2ccc(CN3CCC[C@@H](C)C3)cc2)c(=O)n(-c2ccccc2)n1C.